The Kier molecular flexibility index (Phi) is 5.25. The summed E-state index contributed by atoms with van der Waals surface area (Å²) in [6, 6.07) is 10.6. The van der Waals surface area contributed by atoms with Crippen molar-refractivity contribution in [1.29, 1.82) is 5.26 Å². The first-order valence-electron chi connectivity index (χ1n) is 11.0. The summed E-state index contributed by atoms with van der Waals surface area (Å²) in [5, 5.41) is 18.8. The fraction of sp³-hybridized carbons (Fsp3) is 0.320. The van der Waals surface area contributed by atoms with Gasteiger partial charge in [-0.15, -0.1) is 0 Å². The Morgan fingerprint density at radius 1 is 1.09 bits per heavy atom. The third kappa shape index (κ3) is 4.02. The number of halogens is 1. The number of aryl methyl sites for hydroxylation is 1. The van der Waals surface area contributed by atoms with Crippen molar-refractivity contribution in [3.8, 4) is 23.1 Å². The number of nitriles is 1. The molecule has 33 heavy (non-hydrogen) atoms. The summed E-state index contributed by atoms with van der Waals surface area (Å²) in [6.45, 7) is 6.62. The smallest absolute Gasteiger partial charge is 0.157 e. The maximum Gasteiger partial charge on any atom is 0.157 e. The Bertz CT molecular complexity index is 1370. The van der Waals surface area contributed by atoms with Gasteiger partial charge in [-0.2, -0.15) is 15.5 Å². The molecule has 3 heterocycles. The molecule has 4 aromatic rings. The first-order chi connectivity index (χ1) is 15.9. The summed E-state index contributed by atoms with van der Waals surface area (Å²) < 4.78 is 17.2. The molecule has 0 amide bonds. The molecule has 0 radical (unpaired) electrons. The highest BCUT2D eigenvalue weighted by Crippen LogP contribution is 2.33. The fourth-order valence-corrected chi connectivity index (χ4v) is 4.19. The monoisotopic (exact) mass is 441 g/mol. The lowest BCUT2D eigenvalue weighted by Gasteiger charge is -2.09. The van der Waals surface area contributed by atoms with Crippen LogP contribution in [0.4, 0.5) is 4.39 Å². The maximum absolute atomic E-state index is 13.4. The second-order valence-corrected chi connectivity index (χ2v) is 8.67. The van der Waals surface area contributed by atoms with Gasteiger partial charge in [-0.3, -0.25) is 4.68 Å². The van der Waals surface area contributed by atoms with Crippen LogP contribution in [0, 0.1) is 43.8 Å². The zero-order valence-corrected chi connectivity index (χ0v) is 18.9. The summed E-state index contributed by atoms with van der Waals surface area (Å²) in [6.07, 6.45) is 4.57. The Morgan fingerprint density at radius 2 is 1.85 bits per heavy atom. The quantitative estimate of drug-likeness (QED) is 0.441. The normalized spacial score (nSPS) is 13.3. The van der Waals surface area contributed by atoms with Crippen LogP contribution in [0.15, 0.2) is 36.7 Å². The van der Waals surface area contributed by atoms with Gasteiger partial charge in [-0.25, -0.2) is 19.0 Å². The molecule has 1 saturated carbocycles. The van der Waals surface area contributed by atoms with Crippen LogP contribution in [0.3, 0.4) is 0 Å². The molecule has 0 aliphatic heterocycles. The number of nitrogens with zero attached hydrogens (tertiary/aromatic N) is 7. The van der Waals surface area contributed by atoms with E-state index < -0.39 is 0 Å². The van der Waals surface area contributed by atoms with Gasteiger partial charge < -0.3 is 0 Å². The molecule has 0 N–H and O–H groups in total. The summed E-state index contributed by atoms with van der Waals surface area (Å²) in [5.74, 6) is 1.03. The molecule has 0 saturated heterocycles. The molecule has 3 aromatic heterocycles. The van der Waals surface area contributed by atoms with Crippen molar-refractivity contribution >= 4 is 0 Å². The van der Waals surface area contributed by atoms with E-state index in [9.17, 15) is 9.65 Å². The van der Waals surface area contributed by atoms with Gasteiger partial charge in [0.05, 0.1) is 28.3 Å². The van der Waals surface area contributed by atoms with Crippen molar-refractivity contribution in [3.63, 3.8) is 0 Å². The van der Waals surface area contributed by atoms with Crippen molar-refractivity contribution in [2.24, 2.45) is 5.92 Å². The van der Waals surface area contributed by atoms with Crippen LogP contribution in [0.1, 0.15) is 46.7 Å². The minimum atomic E-state index is -0.258. The summed E-state index contributed by atoms with van der Waals surface area (Å²) >= 11 is 0. The fourth-order valence-electron chi connectivity index (χ4n) is 4.19. The predicted octanol–water partition coefficient (Wildman–Crippen LogP) is 4.46. The molecular formula is C25H24FN7. The van der Waals surface area contributed by atoms with Gasteiger partial charge in [0, 0.05) is 30.3 Å². The van der Waals surface area contributed by atoms with Crippen molar-refractivity contribution in [1.82, 2.24) is 29.5 Å². The van der Waals surface area contributed by atoms with Crippen molar-refractivity contribution in [2.75, 3.05) is 0 Å². The van der Waals surface area contributed by atoms with E-state index in [1.54, 1.807) is 16.8 Å². The number of benzene rings is 1. The third-order valence-electron chi connectivity index (χ3n) is 6.24. The lowest BCUT2D eigenvalue weighted by molar-refractivity contribution is 0.544. The van der Waals surface area contributed by atoms with Crippen LogP contribution in [0.25, 0.3) is 17.1 Å². The Hall–Kier alpha value is -3.86. The highest BCUT2D eigenvalue weighted by Gasteiger charge is 2.25. The molecule has 0 bridgehead atoms. The molecule has 1 fully saturated rings. The van der Waals surface area contributed by atoms with E-state index in [1.165, 1.54) is 31.3 Å². The molecule has 0 atom stereocenters. The molecule has 0 unspecified atom stereocenters. The summed E-state index contributed by atoms with van der Waals surface area (Å²) in [7, 11) is 0. The zero-order valence-electron chi connectivity index (χ0n) is 18.9. The van der Waals surface area contributed by atoms with E-state index in [4.69, 9.17) is 5.10 Å². The van der Waals surface area contributed by atoms with E-state index in [-0.39, 0.29) is 5.82 Å². The van der Waals surface area contributed by atoms with E-state index in [0.717, 1.165) is 40.4 Å². The molecule has 1 aliphatic carbocycles. The Balaban J connectivity index is 1.52. The largest absolute Gasteiger partial charge is 0.268 e. The maximum atomic E-state index is 13.4. The molecule has 166 valence electrons. The van der Waals surface area contributed by atoms with Gasteiger partial charge in [-0.05, 0) is 69.4 Å². The SMILES string of the molecule is Cc1nn(-c2cc(Cc3c(C)c(-c4ccc(F)cc4)nn3CC3CC3)ncn2)c(C)c1C#N. The first kappa shape index (κ1) is 21.0. The Morgan fingerprint density at radius 3 is 2.52 bits per heavy atom. The third-order valence-corrected chi connectivity index (χ3v) is 6.24. The number of hydrogen-bond donors (Lipinski definition) is 0. The van der Waals surface area contributed by atoms with Crippen LogP contribution < -0.4 is 0 Å². The zero-order chi connectivity index (χ0) is 23.1. The van der Waals surface area contributed by atoms with Crippen LogP contribution in [-0.4, -0.2) is 29.5 Å². The lowest BCUT2D eigenvalue weighted by Crippen LogP contribution is -2.10. The average molecular weight is 442 g/mol. The molecule has 1 aliphatic rings. The van der Waals surface area contributed by atoms with Crippen LogP contribution >= 0.6 is 0 Å². The second-order valence-electron chi connectivity index (χ2n) is 8.67. The van der Waals surface area contributed by atoms with Crippen molar-refractivity contribution in [3.05, 3.63) is 76.4 Å². The highest BCUT2D eigenvalue weighted by atomic mass is 19.1. The van der Waals surface area contributed by atoms with Crippen LogP contribution in [-0.2, 0) is 13.0 Å². The van der Waals surface area contributed by atoms with Gasteiger partial charge in [-0.1, -0.05) is 0 Å². The van der Waals surface area contributed by atoms with Crippen molar-refractivity contribution < 1.29 is 4.39 Å². The van der Waals surface area contributed by atoms with Gasteiger partial charge in [0.1, 0.15) is 18.2 Å². The molecule has 0 spiro atoms. The highest BCUT2D eigenvalue weighted by molar-refractivity contribution is 5.64. The molecular weight excluding hydrogens is 417 g/mol. The number of rotatable bonds is 6. The number of hydrogen-bond acceptors (Lipinski definition) is 5. The number of aromatic nitrogens is 6. The molecule has 8 heteroatoms. The van der Waals surface area contributed by atoms with Crippen molar-refractivity contribution in [2.45, 2.75) is 46.6 Å². The average Bonchev–Trinajstić information content (AvgIpc) is 3.52. The molecule has 5 rings (SSSR count). The van der Waals surface area contributed by atoms with E-state index >= 15 is 0 Å². The Labute approximate surface area is 191 Å². The van der Waals surface area contributed by atoms with E-state index in [2.05, 4.69) is 32.7 Å². The standard InChI is InChI=1S/C25H24FN7/c1-15-23(32(13-18-4-5-18)31-25(15)19-6-8-20(26)9-7-19)10-21-11-24(29-14-28-21)33-17(3)22(12-27)16(2)30-33/h6-9,11,14,18H,4-5,10,13H2,1-3H3. The van der Waals surface area contributed by atoms with Gasteiger partial charge in [0.15, 0.2) is 5.82 Å². The van der Waals surface area contributed by atoms with Crippen LogP contribution in [0.5, 0.6) is 0 Å². The van der Waals surface area contributed by atoms with E-state index in [0.29, 0.717) is 29.4 Å². The minimum absolute atomic E-state index is 0.258. The lowest BCUT2D eigenvalue weighted by atomic mass is 10.0. The van der Waals surface area contributed by atoms with E-state index in [1.807, 2.05) is 19.9 Å². The molecule has 7 nitrogen and oxygen atoms in total. The topological polar surface area (TPSA) is 85.2 Å². The first-order valence-corrected chi connectivity index (χ1v) is 11.0. The van der Waals surface area contributed by atoms with Gasteiger partial charge in [0.2, 0.25) is 0 Å². The second kappa shape index (κ2) is 8.24. The summed E-state index contributed by atoms with van der Waals surface area (Å²) in [4.78, 5) is 8.89. The van der Waals surface area contributed by atoms with Gasteiger partial charge in [0.25, 0.3) is 0 Å². The summed E-state index contributed by atoms with van der Waals surface area (Å²) in [5.41, 5.74) is 6.79. The minimum Gasteiger partial charge on any atom is -0.268 e. The molecule has 1 aromatic carbocycles. The predicted molar refractivity (Wildman–Crippen MR) is 121 cm³/mol. The van der Waals surface area contributed by atoms with Crippen LogP contribution in [0.2, 0.25) is 0 Å². The van der Waals surface area contributed by atoms with Gasteiger partial charge >= 0.3 is 0 Å².